The molecule has 0 aliphatic carbocycles. The van der Waals surface area contributed by atoms with Crippen LogP contribution in [-0.2, 0) is 0 Å². The molecule has 0 bridgehead atoms. The van der Waals surface area contributed by atoms with E-state index in [1.165, 1.54) is 12.1 Å². The molecule has 2 nitrogen and oxygen atoms in total. The van der Waals surface area contributed by atoms with Crippen molar-refractivity contribution in [1.82, 2.24) is 0 Å². The lowest BCUT2D eigenvalue weighted by molar-refractivity contribution is -0.0983. The van der Waals surface area contributed by atoms with Gasteiger partial charge in [0.2, 0.25) is 0 Å². The number of aliphatic hydroxyl groups excluding tert-OH is 1. The van der Waals surface area contributed by atoms with Crippen LogP contribution in [0.25, 0.3) is 0 Å². The van der Waals surface area contributed by atoms with Gasteiger partial charge in [0.25, 0.3) is 0 Å². The van der Waals surface area contributed by atoms with E-state index in [1.54, 1.807) is 18.2 Å². The van der Waals surface area contributed by atoms with Crippen molar-refractivity contribution in [1.29, 1.82) is 0 Å². The number of aliphatic hydroxyl groups is 1. The summed E-state index contributed by atoms with van der Waals surface area (Å²) in [6.45, 7) is -0.137. The van der Waals surface area contributed by atoms with Gasteiger partial charge in [0, 0.05) is 11.1 Å². The second kappa shape index (κ2) is 5.14. The van der Waals surface area contributed by atoms with Crippen LogP contribution >= 0.6 is 0 Å². The normalized spacial score (nSPS) is 13.2. The molecule has 1 rings (SSSR count). The summed E-state index contributed by atoms with van der Waals surface area (Å²) in [4.78, 5) is 11.7. The summed E-state index contributed by atoms with van der Waals surface area (Å²) in [6.07, 6.45) is -4.69. The van der Waals surface area contributed by atoms with Gasteiger partial charge < -0.3 is 5.11 Å². The topological polar surface area (TPSA) is 37.3 Å². The van der Waals surface area contributed by atoms with Gasteiger partial charge in [-0.25, -0.2) is 0 Å². The van der Waals surface area contributed by atoms with E-state index in [1.807, 2.05) is 0 Å². The number of alkyl halides is 3. The molecular formula is C12H11F3O2. The van der Waals surface area contributed by atoms with Crippen molar-refractivity contribution in [2.45, 2.75) is 13.1 Å². The Bertz CT molecular complexity index is 433. The first-order valence-corrected chi connectivity index (χ1v) is 4.85. The third-order valence-electron chi connectivity index (χ3n) is 2.33. The monoisotopic (exact) mass is 244 g/mol. The maximum atomic E-state index is 12.5. The molecule has 1 aromatic rings. The minimum atomic E-state index is -4.69. The van der Waals surface area contributed by atoms with Gasteiger partial charge >= 0.3 is 6.18 Å². The fraction of sp³-hybridized carbons (Fsp3) is 0.250. The molecule has 0 aliphatic rings. The maximum Gasteiger partial charge on any atom is 0.415 e. The third-order valence-corrected chi connectivity index (χ3v) is 2.33. The number of Topliss-reactive ketones (excluding diaryl/α,β-unsaturated/α-hetero) is 1. The van der Waals surface area contributed by atoms with Gasteiger partial charge in [0.05, 0.1) is 12.2 Å². The second-order valence-corrected chi connectivity index (χ2v) is 3.45. The number of hydrogen-bond acceptors (Lipinski definition) is 2. The summed E-state index contributed by atoms with van der Waals surface area (Å²) in [6, 6.07) is 7.64. The zero-order chi connectivity index (χ0) is 13.1. The molecule has 17 heavy (non-hydrogen) atoms. The van der Waals surface area contributed by atoms with Crippen molar-refractivity contribution in [3.63, 3.8) is 0 Å². The number of carbonyl (C=O) groups excluding carboxylic acids is 1. The van der Waals surface area contributed by atoms with Gasteiger partial charge in [-0.3, -0.25) is 4.79 Å². The van der Waals surface area contributed by atoms with E-state index in [0.717, 1.165) is 6.92 Å². The number of halogens is 3. The highest BCUT2D eigenvalue weighted by Gasteiger charge is 2.36. The summed E-state index contributed by atoms with van der Waals surface area (Å²) in [7, 11) is 0. The summed E-state index contributed by atoms with van der Waals surface area (Å²) < 4.78 is 37.4. The standard InChI is InChI=1S/C12H11F3O2/c1-8(10(7-16)12(13,14)15)11(17)9-5-3-2-4-6-9/h2-6,16H,7H2,1H3/b10-8-. The minimum absolute atomic E-state index is 0.167. The highest BCUT2D eigenvalue weighted by molar-refractivity contribution is 6.08. The van der Waals surface area contributed by atoms with Crippen LogP contribution in [0.1, 0.15) is 17.3 Å². The van der Waals surface area contributed by atoms with Crippen LogP contribution in [0.4, 0.5) is 13.2 Å². The molecule has 0 aromatic heterocycles. The highest BCUT2D eigenvalue weighted by Crippen LogP contribution is 2.28. The molecule has 0 spiro atoms. The van der Waals surface area contributed by atoms with Gasteiger partial charge in [0.1, 0.15) is 0 Å². The zero-order valence-electron chi connectivity index (χ0n) is 9.08. The Balaban J connectivity index is 3.16. The van der Waals surface area contributed by atoms with Crippen molar-refractivity contribution < 1.29 is 23.1 Å². The molecule has 0 atom stereocenters. The quantitative estimate of drug-likeness (QED) is 0.655. The minimum Gasteiger partial charge on any atom is -0.392 e. The number of allylic oxidation sites excluding steroid dienone is 1. The first-order valence-electron chi connectivity index (χ1n) is 4.85. The third kappa shape index (κ3) is 3.17. The van der Waals surface area contributed by atoms with E-state index in [9.17, 15) is 18.0 Å². The molecule has 5 heteroatoms. The molecule has 0 radical (unpaired) electrons. The van der Waals surface area contributed by atoms with Gasteiger partial charge in [-0.2, -0.15) is 13.2 Å². The number of benzene rings is 1. The summed E-state index contributed by atoms with van der Waals surface area (Å²) >= 11 is 0. The van der Waals surface area contributed by atoms with Crippen molar-refractivity contribution >= 4 is 5.78 Å². The molecular weight excluding hydrogens is 233 g/mol. The Morgan fingerprint density at radius 2 is 1.76 bits per heavy atom. The molecule has 0 unspecified atom stereocenters. The van der Waals surface area contributed by atoms with Crippen LogP contribution in [0.3, 0.4) is 0 Å². The van der Waals surface area contributed by atoms with Crippen molar-refractivity contribution in [2.75, 3.05) is 6.61 Å². The predicted molar refractivity (Wildman–Crippen MR) is 56.6 cm³/mol. The lowest BCUT2D eigenvalue weighted by Gasteiger charge is -2.12. The van der Waals surface area contributed by atoms with Crippen LogP contribution in [0.15, 0.2) is 41.5 Å². The Morgan fingerprint density at radius 3 is 2.18 bits per heavy atom. The van der Waals surface area contributed by atoms with Gasteiger partial charge in [-0.1, -0.05) is 30.3 Å². The number of ketones is 1. The first-order chi connectivity index (χ1) is 7.88. The maximum absolute atomic E-state index is 12.5. The fourth-order valence-electron chi connectivity index (χ4n) is 1.36. The summed E-state index contributed by atoms with van der Waals surface area (Å²) in [5, 5.41) is 8.70. The van der Waals surface area contributed by atoms with Crippen LogP contribution < -0.4 is 0 Å². The zero-order valence-corrected chi connectivity index (χ0v) is 9.08. The van der Waals surface area contributed by atoms with Gasteiger partial charge in [-0.05, 0) is 6.92 Å². The van der Waals surface area contributed by atoms with Crippen LogP contribution in [0, 0.1) is 0 Å². The van der Waals surface area contributed by atoms with Gasteiger partial charge in [-0.15, -0.1) is 0 Å². The summed E-state index contributed by atoms with van der Waals surface area (Å²) in [5.41, 5.74) is -1.52. The lowest BCUT2D eigenvalue weighted by atomic mass is 10.00. The number of rotatable bonds is 3. The van der Waals surface area contributed by atoms with Crippen LogP contribution in [-0.4, -0.2) is 23.7 Å². The smallest absolute Gasteiger partial charge is 0.392 e. The molecule has 0 fully saturated rings. The molecule has 0 amide bonds. The van der Waals surface area contributed by atoms with Gasteiger partial charge in [0.15, 0.2) is 5.78 Å². The SMILES string of the molecule is C/C(C(=O)c1ccccc1)=C(\CO)C(F)(F)F. The van der Waals surface area contributed by atoms with E-state index in [2.05, 4.69) is 0 Å². The van der Waals surface area contributed by atoms with E-state index < -0.39 is 29.7 Å². The second-order valence-electron chi connectivity index (χ2n) is 3.45. The molecule has 1 aromatic carbocycles. The Morgan fingerprint density at radius 1 is 1.24 bits per heavy atom. The Labute approximate surface area is 96.4 Å². The van der Waals surface area contributed by atoms with Crippen molar-refractivity contribution in [3.8, 4) is 0 Å². The number of carbonyl (C=O) groups is 1. The average Bonchev–Trinajstić information content (AvgIpc) is 2.28. The Hall–Kier alpha value is -1.62. The first kappa shape index (κ1) is 13.4. The number of hydrogen-bond donors (Lipinski definition) is 1. The average molecular weight is 244 g/mol. The highest BCUT2D eigenvalue weighted by atomic mass is 19.4. The van der Waals surface area contributed by atoms with Crippen molar-refractivity contribution in [3.05, 3.63) is 47.0 Å². The molecule has 0 saturated heterocycles. The molecule has 0 saturated carbocycles. The Kier molecular flexibility index (Phi) is 4.07. The summed E-state index contributed by atoms with van der Waals surface area (Å²) in [5.74, 6) is -0.730. The predicted octanol–water partition coefficient (Wildman–Crippen LogP) is 2.74. The fourth-order valence-corrected chi connectivity index (χ4v) is 1.36. The van der Waals surface area contributed by atoms with E-state index in [4.69, 9.17) is 5.11 Å². The molecule has 92 valence electrons. The van der Waals surface area contributed by atoms with E-state index in [0.29, 0.717) is 0 Å². The van der Waals surface area contributed by atoms with Crippen LogP contribution in [0.5, 0.6) is 0 Å². The molecule has 1 N–H and O–H groups in total. The van der Waals surface area contributed by atoms with Crippen LogP contribution in [0.2, 0.25) is 0 Å². The molecule has 0 heterocycles. The largest absolute Gasteiger partial charge is 0.415 e. The van der Waals surface area contributed by atoms with Crippen molar-refractivity contribution in [2.24, 2.45) is 0 Å². The van der Waals surface area contributed by atoms with E-state index >= 15 is 0 Å². The van der Waals surface area contributed by atoms with E-state index in [-0.39, 0.29) is 5.56 Å². The molecule has 0 aliphatic heterocycles. The lowest BCUT2D eigenvalue weighted by Crippen LogP contribution is -2.20.